The Hall–Kier alpha value is -1.30. The maximum atomic E-state index is 12.3. The van der Waals surface area contributed by atoms with E-state index in [-0.39, 0.29) is 11.8 Å². The summed E-state index contributed by atoms with van der Waals surface area (Å²) in [5.41, 5.74) is 16.5. The van der Waals surface area contributed by atoms with Gasteiger partial charge in [-0.2, -0.15) is 0 Å². The second-order valence-electron chi connectivity index (χ2n) is 13.3. The van der Waals surface area contributed by atoms with Crippen molar-refractivity contribution in [3.05, 3.63) is 0 Å². The summed E-state index contributed by atoms with van der Waals surface area (Å²) in [4.78, 5) is 26.0. The predicted octanol–water partition coefficient (Wildman–Crippen LogP) is 5.51. The molecule has 0 atom stereocenters. The van der Waals surface area contributed by atoms with E-state index in [0.29, 0.717) is 39.1 Å². The molecular weight excluding hydrogens is 604 g/mol. The zero-order chi connectivity index (χ0) is 35.6. The maximum Gasteiger partial charge on any atom is 0.222 e. The number of rotatable bonds is 37. The van der Waals surface area contributed by atoms with Crippen molar-refractivity contribution in [2.24, 2.45) is 17.2 Å². The van der Waals surface area contributed by atoms with Gasteiger partial charge in [-0.05, 0) is 96.9 Å². The summed E-state index contributed by atoms with van der Waals surface area (Å²) in [6, 6.07) is 0. The Labute approximate surface area is 296 Å². The lowest BCUT2D eigenvalue weighted by atomic mass is 10.1. The molecule has 0 fully saturated rings. The van der Waals surface area contributed by atoms with Gasteiger partial charge in [-0.1, -0.05) is 89.9 Å². The lowest BCUT2D eigenvalue weighted by Gasteiger charge is -2.22. The van der Waals surface area contributed by atoms with Crippen LogP contribution in [0.15, 0.2) is 0 Å². The SMILES string of the molecule is NCCCCN(CCCN)C(=O)CCCCCCCCCCCO.NCCCCNCCCNC(=O)CCCCCCCCCCCO. The molecule has 0 unspecified atom stereocenters. The first kappa shape index (κ1) is 48.8. The molecule has 0 bridgehead atoms. The van der Waals surface area contributed by atoms with Crippen LogP contribution in [-0.2, 0) is 9.59 Å². The Kier molecular flexibility index (Phi) is 44.5. The molecule has 0 radical (unpaired) electrons. The van der Waals surface area contributed by atoms with Gasteiger partial charge in [0.2, 0.25) is 11.8 Å². The van der Waals surface area contributed by atoms with Crippen LogP contribution in [0.2, 0.25) is 0 Å². The fraction of sp³-hybridized carbons (Fsp3) is 0.947. The summed E-state index contributed by atoms with van der Waals surface area (Å²) < 4.78 is 0. The molecule has 10 N–H and O–H groups in total. The number of nitrogens with zero attached hydrogens (tertiary/aromatic N) is 1. The van der Waals surface area contributed by atoms with Crippen LogP contribution >= 0.6 is 0 Å². The molecule has 0 saturated carbocycles. The number of carbonyl (C=O) groups excluding carboxylic acids is 2. The average molecular weight is 687 g/mol. The van der Waals surface area contributed by atoms with Crippen molar-refractivity contribution in [2.45, 2.75) is 167 Å². The molecule has 0 aliphatic rings. The first-order valence-corrected chi connectivity index (χ1v) is 20.1. The lowest BCUT2D eigenvalue weighted by molar-refractivity contribution is -0.131. The van der Waals surface area contributed by atoms with Crippen molar-refractivity contribution in [2.75, 3.05) is 65.6 Å². The summed E-state index contributed by atoms with van der Waals surface area (Å²) in [6.07, 6.45) is 28.5. The summed E-state index contributed by atoms with van der Waals surface area (Å²) in [6.45, 7) is 7.11. The molecule has 48 heavy (non-hydrogen) atoms. The van der Waals surface area contributed by atoms with E-state index in [1.807, 2.05) is 4.90 Å². The average Bonchev–Trinajstić information content (AvgIpc) is 3.09. The van der Waals surface area contributed by atoms with Gasteiger partial charge in [-0.3, -0.25) is 9.59 Å². The number of aliphatic hydroxyl groups excluding tert-OH is 2. The van der Waals surface area contributed by atoms with E-state index in [4.69, 9.17) is 27.4 Å². The fourth-order valence-corrected chi connectivity index (χ4v) is 5.56. The first-order valence-electron chi connectivity index (χ1n) is 20.1. The van der Waals surface area contributed by atoms with Crippen LogP contribution in [0.5, 0.6) is 0 Å². The third kappa shape index (κ3) is 40.9. The van der Waals surface area contributed by atoms with Crippen molar-refractivity contribution in [1.82, 2.24) is 15.5 Å². The van der Waals surface area contributed by atoms with E-state index < -0.39 is 0 Å². The zero-order valence-electron chi connectivity index (χ0n) is 31.3. The van der Waals surface area contributed by atoms with Gasteiger partial charge < -0.3 is 42.9 Å². The minimum absolute atomic E-state index is 0.196. The Morgan fingerprint density at radius 1 is 0.438 bits per heavy atom. The third-order valence-corrected chi connectivity index (χ3v) is 8.64. The summed E-state index contributed by atoms with van der Waals surface area (Å²) >= 11 is 0. The van der Waals surface area contributed by atoms with Crippen molar-refractivity contribution in [3.63, 3.8) is 0 Å². The van der Waals surface area contributed by atoms with Crippen LogP contribution in [-0.4, -0.2) is 92.5 Å². The Morgan fingerprint density at radius 2 is 0.854 bits per heavy atom. The monoisotopic (exact) mass is 687 g/mol. The van der Waals surface area contributed by atoms with Gasteiger partial charge in [0.25, 0.3) is 0 Å². The zero-order valence-corrected chi connectivity index (χ0v) is 31.3. The Bertz CT molecular complexity index is 644. The molecule has 0 rings (SSSR count). The first-order chi connectivity index (χ1) is 23.6. The van der Waals surface area contributed by atoms with E-state index >= 15 is 0 Å². The molecule has 288 valence electrons. The lowest BCUT2D eigenvalue weighted by Crippen LogP contribution is -2.34. The number of aliphatic hydroxyl groups is 2. The third-order valence-electron chi connectivity index (χ3n) is 8.64. The summed E-state index contributed by atoms with van der Waals surface area (Å²) in [5.74, 6) is 0.478. The molecule has 0 saturated heterocycles. The van der Waals surface area contributed by atoms with Crippen molar-refractivity contribution in [1.29, 1.82) is 0 Å². The van der Waals surface area contributed by atoms with E-state index in [0.717, 1.165) is 129 Å². The molecular formula is C38H82N6O4. The molecule has 0 heterocycles. The highest BCUT2D eigenvalue weighted by atomic mass is 16.3. The molecule has 10 heteroatoms. The highest BCUT2D eigenvalue weighted by Crippen LogP contribution is 2.12. The van der Waals surface area contributed by atoms with Crippen LogP contribution in [0, 0.1) is 0 Å². The summed E-state index contributed by atoms with van der Waals surface area (Å²) in [7, 11) is 0. The highest BCUT2D eigenvalue weighted by Gasteiger charge is 2.12. The molecule has 2 amide bonds. The van der Waals surface area contributed by atoms with Crippen LogP contribution in [0.1, 0.15) is 167 Å². The Balaban J connectivity index is 0. The molecule has 0 aliphatic heterocycles. The predicted molar refractivity (Wildman–Crippen MR) is 204 cm³/mol. The number of carbonyl (C=O) groups is 2. The molecule has 0 aromatic carbocycles. The van der Waals surface area contributed by atoms with Gasteiger partial charge in [-0.15, -0.1) is 0 Å². The van der Waals surface area contributed by atoms with E-state index in [9.17, 15) is 9.59 Å². The number of nitrogens with one attached hydrogen (secondary N) is 2. The minimum Gasteiger partial charge on any atom is -0.396 e. The highest BCUT2D eigenvalue weighted by molar-refractivity contribution is 5.76. The fourth-order valence-electron chi connectivity index (χ4n) is 5.56. The number of unbranched alkanes of at least 4 members (excludes halogenated alkanes) is 18. The van der Waals surface area contributed by atoms with Crippen molar-refractivity contribution in [3.8, 4) is 0 Å². The number of hydrogen-bond donors (Lipinski definition) is 7. The second-order valence-corrected chi connectivity index (χ2v) is 13.3. The number of hydrogen-bond acceptors (Lipinski definition) is 8. The van der Waals surface area contributed by atoms with Gasteiger partial charge >= 0.3 is 0 Å². The summed E-state index contributed by atoms with van der Waals surface area (Å²) in [5, 5.41) is 23.8. The maximum absolute atomic E-state index is 12.3. The van der Waals surface area contributed by atoms with E-state index in [2.05, 4.69) is 10.6 Å². The van der Waals surface area contributed by atoms with Crippen molar-refractivity contribution < 1.29 is 19.8 Å². The van der Waals surface area contributed by atoms with E-state index in [1.165, 1.54) is 64.2 Å². The molecule has 0 spiro atoms. The number of nitrogens with two attached hydrogens (primary N) is 3. The molecule has 10 nitrogen and oxygen atoms in total. The van der Waals surface area contributed by atoms with Gasteiger partial charge in [0.15, 0.2) is 0 Å². The largest absolute Gasteiger partial charge is 0.396 e. The Morgan fingerprint density at radius 3 is 1.35 bits per heavy atom. The normalized spacial score (nSPS) is 10.9. The molecule has 0 aromatic rings. The van der Waals surface area contributed by atoms with Crippen molar-refractivity contribution >= 4 is 11.8 Å². The smallest absolute Gasteiger partial charge is 0.222 e. The quantitative estimate of drug-likeness (QED) is 0.0418. The van der Waals surface area contributed by atoms with Crippen LogP contribution in [0.3, 0.4) is 0 Å². The molecule has 0 aliphatic carbocycles. The standard InChI is InChI=1S/2C19H41N3O2/c20-14-9-10-16-22(17-12-15-21)19(24)13-8-6-4-2-1-3-5-7-11-18-23;20-14-9-10-15-21-16-12-17-22-19(24)13-8-6-4-2-1-3-5-7-11-18-23/h23H,1-18,20-21H2;21,23H,1-18,20H2,(H,22,24). The second kappa shape index (κ2) is 43.7. The number of amides is 2. The van der Waals surface area contributed by atoms with Crippen LogP contribution < -0.4 is 27.8 Å². The van der Waals surface area contributed by atoms with Gasteiger partial charge in [0, 0.05) is 45.7 Å². The minimum atomic E-state index is 0.196. The molecule has 0 aromatic heterocycles. The van der Waals surface area contributed by atoms with E-state index in [1.54, 1.807) is 0 Å². The van der Waals surface area contributed by atoms with Gasteiger partial charge in [-0.25, -0.2) is 0 Å². The van der Waals surface area contributed by atoms with Crippen LogP contribution in [0.25, 0.3) is 0 Å². The topological polar surface area (TPSA) is 180 Å². The van der Waals surface area contributed by atoms with Gasteiger partial charge in [0.05, 0.1) is 0 Å². The van der Waals surface area contributed by atoms with Gasteiger partial charge in [0.1, 0.15) is 0 Å². The van der Waals surface area contributed by atoms with Crippen LogP contribution in [0.4, 0.5) is 0 Å².